The van der Waals surface area contributed by atoms with Gasteiger partial charge in [-0.05, 0) is 37.8 Å². The van der Waals surface area contributed by atoms with Gasteiger partial charge in [0.05, 0.1) is 6.61 Å². The Kier molecular flexibility index (Phi) is 5.52. The maximum absolute atomic E-state index is 6.24. The van der Waals surface area contributed by atoms with Crippen molar-refractivity contribution < 1.29 is 9.47 Å². The van der Waals surface area contributed by atoms with Crippen molar-refractivity contribution in [2.24, 2.45) is 11.7 Å². The zero-order valence-corrected chi connectivity index (χ0v) is 11.8. The van der Waals surface area contributed by atoms with Gasteiger partial charge in [0.25, 0.3) is 0 Å². The molecule has 0 saturated heterocycles. The smallest absolute Gasteiger partial charge is 0.123 e. The van der Waals surface area contributed by atoms with Crippen LogP contribution in [0.3, 0.4) is 0 Å². The molecule has 1 aliphatic carbocycles. The molecule has 1 aliphatic rings. The van der Waals surface area contributed by atoms with E-state index in [0.717, 1.165) is 11.5 Å². The molecule has 3 nitrogen and oxygen atoms in total. The van der Waals surface area contributed by atoms with Crippen molar-refractivity contribution in [1.29, 1.82) is 0 Å². The minimum absolute atomic E-state index is 0.149. The van der Waals surface area contributed by atoms with Crippen LogP contribution in [-0.4, -0.2) is 19.3 Å². The fourth-order valence-corrected chi connectivity index (χ4v) is 2.71. The second-order valence-corrected chi connectivity index (χ2v) is 5.28. The first-order valence-corrected chi connectivity index (χ1v) is 7.41. The van der Waals surface area contributed by atoms with Gasteiger partial charge >= 0.3 is 0 Å². The molecule has 3 heteroatoms. The lowest BCUT2D eigenvalue weighted by Crippen LogP contribution is -2.37. The summed E-state index contributed by atoms with van der Waals surface area (Å²) in [6.45, 7) is 3.25. The quantitative estimate of drug-likeness (QED) is 0.855. The van der Waals surface area contributed by atoms with E-state index in [1.807, 2.05) is 31.2 Å². The lowest BCUT2D eigenvalue weighted by molar-refractivity contribution is 0.213. The minimum atomic E-state index is 0.149. The molecule has 2 rings (SSSR count). The molecule has 0 radical (unpaired) electrons. The summed E-state index contributed by atoms with van der Waals surface area (Å²) in [5, 5.41) is 0. The summed E-state index contributed by atoms with van der Waals surface area (Å²) in [5.74, 6) is 2.33. The van der Waals surface area contributed by atoms with Gasteiger partial charge in [0, 0.05) is 12.1 Å². The first-order valence-electron chi connectivity index (χ1n) is 7.41. The number of nitrogens with two attached hydrogens (primary N) is 1. The van der Waals surface area contributed by atoms with Gasteiger partial charge in [-0.15, -0.1) is 0 Å². The van der Waals surface area contributed by atoms with Gasteiger partial charge in [-0.2, -0.15) is 0 Å². The minimum Gasteiger partial charge on any atom is -0.494 e. The van der Waals surface area contributed by atoms with Crippen LogP contribution in [-0.2, 0) is 0 Å². The number of hydrogen-bond donors (Lipinski definition) is 1. The van der Waals surface area contributed by atoms with Gasteiger partial charge in [0.15, 0.2) is 0 Å². The predicted octanol–water partition coefficient (Wildman–Crippen LogP) is 3.37. The summed E-state index contributed by atoms with van der Waals surface area (Å²) in [5.41, 5.74) is 6.24. The molecule has 1 aromatic rings. The maximum Gasteiger partial charge on any atom is 0.123 e. The standard InChI is InChI=1S/C16H25NO2/c1-2-18-14-9-6-10-15(11-14)19-12-16(17)13-7-4-3-5-8-13/h6,9-11,13,16H,2-5,7-8,12,17H2,1H3. The average molecular weight is 263 g/mol. The zero-order valence-electron chi connectivity index (χ0n) is 11.8. The Labute approximate surface area is 116 Å². The molecule has 1 aromatic carbocycles. The Bertz CT molecular complexity index is 375. The Morgan fingerprint density at radius 2 is 1.84 bits per heavy atom. The summed E-state index contributed by atoms with van der Waals surface area (Å²) < 4.78 is 11.3. The summed E-state index contributed by atoms with van der Waals surface area (Å²) in [4.78, 5) is 0. The molecule has 0 amide bonds. The molecule has 0 spiro atoms. The number of ether oxygens (including phenoxy) is 2. The van der Waals surface area contributed by atoms with Crippen molar-refractivity contribution in [3.63, 3.8) is 0 Å². The van der Waals surface area contributed by atoms with E-state index in [9.17, 15) is 0 Å². The molecule has 19 heavy (non-hydrogen) atoms. The van der Waals surface area contributed by atoms with Gasteiger partial charge in [-0.25, -0.2) is 0 Å². The molecule has 1 unspecified atom stereocenters. The van der Waals surface area contributed by atoms with Crippen LogP contribution >= 0.6 is 0 Å². The Morgan fingerprint density at radius 3 is 2.53 bits per heavy atom. The third-order valence-electron chi connectivity index (χ3n) is 3.81. The van der Waals surface area contributed by atoms with E-state index in [2.05, 4.69) is 0 Å². The molecule has 1 atom stereocenters. The van der Waals surface area contributed by atoms with Crippen molar-refractivity contribution >= 4 is 0 Å². The molecule has 106 valence electrons. The third-order valence-corrected chi connectivity index (χ3v) is 3.81. The molecular weight excluding hydrogens is 238 g/mol. The second kappa shape index (κ2) is 7.39. The van der Waals surface area contributed by atoms with E-state index >= 15 is 0 Å². The fourth-order valence-electron chi connectivity index (χ4n) is 2.71. The maximum atomic E-state index is 6.24. The number of hydrogen-bond acceptors (Lipinski definition) is 3. The summed E-state index contributed by atoms with van der Waals surface area (Å²) in [7, 11) is 0. The van der Waals surface area contributed by atoms with Crippen molar-refractivity contribution in [3.8, 4) is 11.5 Å². The molecule has 1 saturated carbocycles. The van der Waals surface area contributed by atoms with Gasteiger partial charge in [-0.3, -0.25) is 0 Å². The molecule has 0 heterocycles. The van der Waals surface area contributed by atoms with Gasteiger partial charge < -0.3 is 15.2 Å². The van der Waals surface area contributed by atoms with Crippen molar-refractivity contribution in [3.05, 3.63) is 24.3 Å². The van der Waals surface area contributed by atoms with Crippen LogP contribution in [0.4, 0.5) is 0 Å². The van der Waals surface area contributed by atoms with E-state index in [-0.39, 0.29) is 6.04 Å². The van der Waals surface area contributed by atoms with Crippen molar-refractivity contribution in [2.75, 3.05) is 13.2 Å². The van der Waals surface area contributed by atoms with Crippen LogP contribution in [0.1, 0.15) is 39.0 Å². The highest BCUT2D eigenvalue weighted by Crippen LogP contribution is 2.26. The van der Waals surface area contributed by atoms with Gasteiger partial charge in [0.2, 0.25) is 0 Å². The first kappa shape index (κ1) is 14.2. The zero-order chi connectivity index (χ0) is 13.5. The monoisotopic (exact) mass is 263 g/mol. The summed E-state index contributed by atoms with van der Waals surface area (Å²) in [6, 6.07) is 7.92. The molecule has 2 N–H and O–H groups in total. The van der Waals surface area contributed by atoms with Crippen LogP contribution < -0.4 is 15.2 Å². The van der Waals surface area contributed by atoms with Crippen LogP contribution in [0.5, 0.6) is 11.5 Å². The van der Waals surface area contributed by atoms with E-state index in [1.165, 1.54) is 32.1 Å². The molecule has 0 aromatic heterocycles. The third kappa shape index (κ3) is 4.43. The Balaban J connectivity index is 1.82. The van der Waals surface area contributed by atoms with Crippen molar-refractivity contribution in [2.45, 2.75) is 45.1 Å². The summed E-state index contributed by atoms with van der Waals surface area (Å²) >= 11 is 0. The SMILES string of the molecule is CCOc1cccc(OCC(N)C2CCCCC2)c1. The highest BCUT2D eigenvalue weighted by Gasteiger charge is 2.20. The molecule has 1 fully saturated rings. The highest BCUT2D eigenvalue weighted by atomic mass is 16.5. The first-order chi connectivity index (χ1) is 9.29. The molecular formula is C16H25NO2. The normalized spacial score (nSPS) is 18.0. The van der Waals surface area contributed by atoms with E-state index in [4.69, 9.17) is 15.2 Å². The Hall–Kier alpha value is -1.22. The topological polar surface area (TPSA) is 44.5 Å². The second-order valence-electron chi connectivity index (χ2n) is 5.28. The van der Waals surface area contributed by atoms with Gasteiger partial charge in [-0.1, -0.05) is 25.3 Å². The lowest BCUT2D eigenvalue weighted by Gasteiger charge is -2.27. The molecule has 0 aliphatic heterocycles. The highest BCUT2D eigenvalue weighted by molar-refractivity contribution is 5.32. The van der Waals surface area contributed by atoms with Gasteiger partial charge in [0.1, 0.15) is 18.1 Å². The van der Waals surface area contributed by atoms with Crippen LogP contribution in [0.2, 0.25) is 0 Å². The average Bonchev–Trinajstić information content (AvgIpc) is 2.46. The lowest BCUT2D eigenvalue weighted by atomic mass is 9.84. The van der Waals surface area contributed by atoms with E-state index < -0.39 is 0 Å². The van der Waals surface area contributed by atoms with Crippen LogP contribution in [0.25, 0.3) is 0 Å². The predicted molar refractivity (Wildman–Crippen MR) is 77.7 cm³/mol. The number of rotatable bonds is 6. The fraction of sp³-hybridized carbons (Fsp3) is 0.625. The molecule has 0 bridgehead atoms. The number of benzene rings is 1. The van der Waals surface area contributed by atoms with Crippen LogP contribution in [0.15, 0.2) is 24.3 Å². The van der Waals surface area contributed by atoms with Crippen molar-refractivity contribution in [1.82, 2.24) is 0 Å². The summed E-state index contributed by atoms with van der Waals surface area (Å²) in [6.07, 6.45) is 6.50. The largest absolute Gasteiger partial charge is 0.494 e. The van der Waals surface area contributed by atoms with E-state index in [1.54, 1.807) is 0 Å². The Morgan fingerprint density at radius 1 is 1.16 bits per heavy atom. The van der Waals surface area contributed by atoms with Crippen LogP contribution in [0, 0.1) is 5.92 Å². The van der Waals surface area contributed by atoms with E-state index in [0.29, 0.717) is 19.1 Å².